The number of ether oxygens (including phenoxy) is 6. The molecule has 5 atom stereocenters. The van der Waals surface area contributed by atoms with Crippen molar-refractivity contribution in [3.63, 3.8) is 0 Å². The Balaban J connectivity index is 1.39. The van der Waals surface area contributed by atoms with Crippen LogP contribution in [0.4, 0.5) is 0 Å². The largest absolute Gasteiger partial charge is 0.433 e. The zero-order chi connectivity index (χ0) is 29.7. The van der Waals surface area contributed by atoms with Gasteiger partial charge in [0.25, 0.3) is 0 Å². The molecule has 0 aromatic heterocycles. The van der Waals surface area contributed by atoms with Gasteiger partial charge in [-0.25, -0.2) is 0 Å². The molecule has 0 spiro atoms. The zero-order valence-corrected chi connectivity index (χ0v) is 24.3. The molecule has 7 heteroatoms. The van der Waals surface area contributed by atoms with Crippen LogP contribution in [0.25, 0.3) is 0 Å². The van der Waals surface area contributed by atoms with Crippen LogP contribution in [-0.4, -0.2) is 43.3 Å². The molecule has 0 aliphatic carbocycles. The van der Waals surface area contributed by atoms with Crippen molar-refractivity contribution in [2.24, 2.45) is 0 Å². The smallest absolute Gasteiger partial charge is 0.305 e. The first-order valence-corrected chi connectivity index (χ1v) is 14.6. The average molecular weight is 583 g/mol. The van der Waals surface area contributed by atoms with Crippen LogP contribution < -0.4 is 0 Å². The quantitative estimate of drug-likeness (QED) is 0.154. The van der Waals surface area contributed by atoms with E-state index in [-0.39, 0.29) is 6.61 Å². The molecule has 1 aliphatic rings. The van der Waals surface area contributed by atoms with E-state index < -0.39 is 36.7 Å². The zero-order valence-electron chi connectivity index (χ0n) is 24.3. The van der Waals surface area contributed by atoms with Crippen molar-refractivity contribution in [1.82, 2.24) is 0 Å². The van der Waals surface area contributed by atoms with Gasteiger partial charge in [0, 0.05) is 6.92 Å². The Morgan fingerprint density at radius 1 is 0.628 bits per heavy atom. The fourth-order valence-electron chi connectivity index (χ4n) is 4.99. The Morgan fingerprint density at radius 3 is 1.56 bits per heavy atom. The number of rotatable bonds is 15. The Labute approximate surface area is 253 Å². The van der Waals surface area contributed by atoms with Gasteiger partial charge in [-0.1, -0.05) is 121 Å². The van der Waals surface area contributed by atoms with Gasteiger partial charge in [0.1, 0.15) is 24.4 Å². The Morgan fingerprint density at radius 2 is 1.07 bits per heavy atom. The van der Waals surface area contributed by atoms with Gasteiger partial charge in [0.15, 0.2) is 0 Å². The average Bonchev–Trinajstić information content (AvgIpc) is 3.38. The molecule has 43 heavy (non-hydrogen) atoms. The van der Waals surface area contributed by atoms with Crippen molar-refractivity contribution in [2.75, 3.05) is 6.61 Å². The third-order valence-corrected chi connectivity index (χ3v) is 7.13. The van der Waals surface area contributed by atoms with Crippen molar-refractivity contribution >= 4 is 5.97 Å². The van der Waals surface area contributed by atoms with Gasteiger partial charge in [-0.15, -0.1) is 0 Å². The number of benzene rings is 4. The van der Waals surface area contributed by atoms with E-state index in [4.69, 9.17) is 28.4 Å². The van der Waals surface area contributed by atoms with Gasteiger partial charge in [-0.05, 0) is 22.3 Å². The van der Waals surface area contributed by atoms with Crippen molar-refractivity contribution in [2.45, 2.75) is 64.1 Å². The molecule has 0 bridgehead atoms. The summed E-state index contributed by atoms with van der Waals surface area (Å²) in [5.41, 5.74) is 4.05. The van der Waals surface area contributed by atoms with E-state index in [1.165, 1.54) is 6.92 Å². The van der Waals surface area contributed by atoms with E-state index in [0.29, 0.717) is 26.4 Å². The molecule has 1 aliphatic heterocycles. The van der Waals surface area contributed by atoms with Crippen molar-refractivity contribution in [3.05, 3.63) is 144 Å². The lowest BCUT2D eigenvalue weighted by Crippen LogP contribution is -2.45. The van der Waals surface area contributed by atoms with Crippen LogP contribution >= 0.6 is 0 Å². The second-order valence-corrected chi connectivity index (χ2v) is 10.4. The molecular weight excluding hydrogens is 544 g/mol. The van der Waals surface area contributed by atoms with Gasteiger partial charge in [-0.2, -0.15) is 0 Å². The first-order chi connectivity index (χ1) is 21.2. The van der Waals surface area contributed by atoms with Gasteiger partial charge in [0.05, 0.1) is 33.0 Å². The van der Waals surface area contributed by atoms with Crippen LogP contribution in [0.3, 0.4) is 0 Å². The van der Waals surface area contributed by atoms with Crippen molar-refractivity contribution in [3.8, 4) is 0 Å². The van der Waals surface area contributed by atoms with Crippen LogP contribution in [0.15, 0.2) is 121 Å². The molecule has 0 amide bonds. The summed E-state index contributed by atoms with van der Waals surface area (Å²) in [6.07, 6.45) is -3.49. The Bertz CT molecular complexity index is 1350. The molecular formula is C36H38O7. The van der Waals surface area contributed by atoms with Crippen LogP contribution in [0.2, 0.25) is 0 Å². The number of hydrogen-bond donors (Lipinski definition) is 0. The lowest BCUT2D eigenvalue weighted by Gasteiger charge is -2.29. The maximum Gasteiger partial charge on any atom is 0.305 e. The van der Waals surface area contributed by atoms with Gasteiger partial charge in [-0.3, -0.25) is 4.79 Å². The highest BCUT2D eigenvalue weighted by molar-refractivity contribution is 5.66. The summed E-state index contributed by atoms with van der Waals surface area (Å²) in [6.45, 7) is 2.96. The fourth-order valence-corrected chi connectivity index (χ4v) is 4.99. The summed E-state index contributed by atoms with van der Waals surface area (Å²) in [7, 11) is 0. The molecule has 0 unspecified atom stereocenters. The van der Waals surface area contributed by atoms with E-state index in [2.05, 4.69) is 0 Å². The Kier molecular flexibility index (Phi) is 11.5. The van der Waals surface area contributed by atoms with Crippen molar-refractivity contribution < 1.29 is 33.2 Å². The third-order valence-electron chi connectivity index (χ3n) is 7.13. The minimum atomic E-state index is -0.982. The lowest BCUT2D eigenvalue weighted by molar-refractivity contribution is -0.202. The first kappa shape index (κ1) is 30.6. The maximum atomic E-state index is 12.2. The highest BCUT2D eigenvalue weighted by atomic mass is 16.7. The second-order valence-electron chi connectivity index (χ2n) is 10.4. The summed E-state index contributed by atoms with van der Waals surface area (Å²) in [5, 5.41) is 0. The minimum absolute atomic E-state index is 0.232. The van der Waals surface area contributed by atoms with Crippen molar-refractivity contribution in [1.29, 1.82) is 0 Å². The Hall–Kier alpha value is -3.85. The standard InChI is InChI=1S/C36H38O7/c1-27(37)42-36-35(41-25-31-20-12-5-13-21-31)34(40-24-30-18-10-4-11-19-30)33(43-36)32(39-23-29-16-8-3-9-17-29)26-38-22-28-14-6-2-7-15-28/h2-21,32-36H,22-26H2,1H3/t32-,33+,34+,35-,36+/m1/s1. The molecule has 4 aromatic carbocycles. The molecule has 1 fully saturated rings. The first-order valence-electron chi connectivity index (χ1n) is 14.6. The number of esters is 1. The highest BCUT2D eigenvalue weighted by Crippen LogP contribution is 2.33. The van der Waals surface area contributed by atoms with Crippen LogP contribution in [0.5, 0.6) is 0 Å². The lowest BCUT2D eigenvalue weighted by atomic mass is 10.0. The topological polar surface area (TPSA) is 72.5 Å². The molecule has 4 aromatic rings. The number of carbonyl (C=O) groups is 1. The number of carbonyl (C=O) groups excluding carboxylic acids is 1. The van der Waals surface area contributed by atoms with E-state index in [0.717, 1.165) is 22.3 Å². The monoisotopic (exact) mass is 582 g/mol. The molecule has 1 saturated heterocycles. The van der Waals surface area contributed by atoms with Crippen LogP contribution in [0.1, 0.15) is 29.2 Å². The molecule has 0 N–H and O–H groups in total. The molecule has 0 radical (unpaired) electrons. The predicted octanol–water partition coefficient (Wildman–Crippen LogP) is 6.25. The molecule has 5 rings (SSSR count). The van der Waals surface area contributed by atoms with Gasteiger partial charge in [0.2, 0.25) is 6.29 Å². The minimum Gasteiger partial charge on any atom is -0.433 e. The third kappa shape index (κ3) is 9.32. The second kappa shape index (κ2) is 16.1. The molecule has 224 valence electrons. The van der Waals surface area contributed by atoms with E-state index in [1.54, 1.807) is 0 Å². The summed E-state index contributed by atoms with van der Waals surface area (Å²) in [5.74, 6) is -0.470. The summed E-state index contributed by atoms with van der Waals surface area (Å²) < 4.78 is 37.6. The molecule has 7 nitrogen and oxygen atoms in total. The molecule has 1 heterocycles. The van der Waals surface area contributed by atoms with Gasteiger partial charge >= 0.3 is 5.97 Å². The van der Waals surface area contributed by atoms with E-state index >= 15 is 0 Å². The van der Waals surface area contributed by atoms with E-state index in [1.807, 2.05) is 121 Å². The summed E-state index contributed by atoms with van der Waals surface area (Å²) in [4.78, 5) is 12.2. The van der Waals surface area contributed by atoms with Crippen LogP contribution in [-0.2, 0) is 59.6 Å². The van der Waals surface area contributed by atoms with Crippen LogP contribution in [0, 0.1) is 0 Å². The SMILES string of the molecule is CC(=O)O[C@H]1O[C@@H]([C@@H](COCc2ccccc2)OCc2ccccc2)[C@H](OCc2ccccc2)[C@H]1OCc1ccccc1. The maximum absolute atomic E-state index is 12.2. The summed E-state index contributed by atoms with van der Waals surface area (Å²) >= 11 is 0. The molecule has 0 saturated carbocycles. The summed E-state index contributed by atoms with van der Waals surface area (Å²) in [6, 6.07) is 39.6. The van der Waals surface area contributed by atoms with Gasteiger partial charge < -0.3 is 28.4 Å². The van der Waals surface area contributed by atoms with E-state index in [9.17, 15) is 4.79 Å². The predicted molar refractivity (Wildman–Crippen MR) is 162 cm³/mol. The fraction of sp³-hybridized carbons (Fsp3) is 0.306. The number of hydrogen-bond acceptors (Lipinski definition) is 7. The normalized spacial score (nSPS) is 20.5. The highest BCUT2D eigenvalue weighted by Gasteiger charge is 2.51.